The van der Waals surface area contributed by atoms with Gasteiger partial charge in [0.1, 0.15) is 0 Å². The Balaban J connectivity index is 1.72. The van der Waals surface area contributed by atoms with E-state index in [1.165, 1.54) is 25.7 Å². The van der Waals surface area contributed by atoms with E-state index in [0.29, 0.717) is 12.1 Å². The first-order valence-electron chi connectivity index (χ1n) is 8.18. The van der Waals surface area contributed by atoms with Crippen LogP contribution in [0.25, 0.3) is 0 Å². The maximum atomic E-state index is 10.6. The van der Waals surface area contributed by atoms with E-state index in [4.69, 9.17) is 4.74 Å². The molecule has 0 aromatic rings. The second-order valence-electron chi connectivity index (χ2n) is 6.79. The van der Waals surface area contributed by atoms with E-state index in [1.807, 2.05) is 0 Å². The van der Waals surface area contributed by atoms with Crippen LogP contribution < -0.4 is 5.32 Å². The van der Waals surface area contributed by atoms with E-state index in [2.05, 4.69) is 19.2 Å². The molecule has 0 spiro atoms. The molecule has 19 heavy (non-hydrogen) atoms. The number of nitrogens with one attached hydrogen (secondary N) is 1. The fraction of sp³-hybridized carbons (Fsp3) is 1.00. The van der Waals surface area contributed by atoms with E-state index in [1.54, 1.807) is 0 Å². The van der Waals surface area contributed by atoms with Gasteiger partial charge >= 0.3 is 0 Å². The van der Waals surface area contributed by atoms with Gasteiger partial charge in [0.05, 0.1) is 11.7 Å². The van der Waals surface area contributed by atoms with Crippen LogP contribution in [0.1, 0.15) is 65.2 Å². The summed E-state index contributed by atoms with van der Waals surface area (Å²) in [7, 11) is 0. The van der Waals surface area contributed by atoms with Crippen molar-refractivity contribution in [1.29, 1.82) is 0 Å². The Kier molecular flexibility index (Phi) is 5.67. The molecule has 2 fully saturated rings. The molecule has 0 radical (unpaired) electrons. The Labute approximate surface area is 118 Å². The molecule has 2 rings (SSSR count). The predicted octanol–water partition coefficient (Wildman–Crippen LogP) is 2.86. The Morgan fingerprint density at radius 1 is 1.26 bits per heavy atom. The van der Waals surface area contributed by atoms with Crippen LogP contribution >= 0.6 is 0 Å². The fourth-order valence-electron chi connectivity index (χ4n) is 3.40. The summed E-state index contributed by atoms with van der Waals surface area (Å²) in [6.07, 6.45) is 9.25. The maximum Gasteiger partial charge on any atom is 0.0771 e. The number of hydrogen-bond donors (Lipinski definition) is 2. The molecule has 1 saturated heterocycles. The van der Waals surface area contributed by atoms with Crippen molar-refractivity contribution >= 4 is 0 Å². The molecule has 2 N–H and O–H groups in total. The van der Waals surface area contributed by atoms with Crippen LogP contribution in [0, 0.1) is 5.92 Å². The first kappa shape index (κ1) is 15.3. The fourth-order valence-corrected chi connectivity index (χ4v) is 3.40. The second-order valence-corrected chi connectivity index (χ2v) is 6.79. The number of ether oxygens (including phenoxy) is 1. The van der Waals surface area contributed by atoms with Gasteiger partial charge in [0, 0.05) is 19.2 Å². The molecule has 0 aromatic carbocycles. The molecule has 1 aliphatic carbocycles. The average Bonchev–Trinajstić information content (AvgIpc) is 2.41. The van der Waals surface area contributed by atoms with Gasteiger partial charge in [-0.1, -0.05) is 20.3 Å². The molecule has 2 atom stereocenters. The largest absolute Gasteiger partial charge is 0.389 e. The molecule has 0 amide bonds. The Morgan fingerprint density at radius 2 is 2.00 bits per heavy atom. The highest BCUT2D eigenvalue weighted by molar-refractivity contribution is 4.88. The van der Waals surface area contributed by atoms with Crippen molar-refractivity contribution in [2.24, 2.45) is 5.92 Å². The number of rotatable bonds is 5. The second kappa shape index (κ2) is 7.05. The normalized spacial score (nSPS) is 40.3. The lowest BCUT2D eigenvalue weighted by Crippen LogP contribution is -2.48. The maximum absolute atomic E-state index is 10.6. The molecule has 1 saturated carbocycles. The third-order valence-electron chi connectivity index (χ3n) is 4.90. The summed E-state index contributed by atoms with van der Waals surface area (Å²) < 4.78 is 5.78. The lowest BCUT2D eigenvalue weighted by Gasteiger charge is -2.37. The van der Waals surface area contributed by atoms with Gasteiger partial charge in [-0.05, 0) is 50.9 Å². The molecule has 2 aliphatic rings. The van der Waals surface area contributed by atoms with Gasteiger partial charge in [0.2, 0.25) is 0 Å². The molecular formula is C16H31NO2. The molecule has 3 heteroatoms. The Morgan fingerprint density at radius 3 is 2.68 bits per heavy atom. The highest BCUT2D eigenvalue weighted by atomic mass is 16.5. The van der Waals surface area contributed by atoms with Gasteiger partial charge in [-0.2, -0.15) is 0 Å². The average molecular weight is 269 g/mol. The molecule has 1 aliphatic heterocycles. The quantitative estimate of drug-likeness (QED) is 0.806. The topological polar surface area (TPSA) is 41.5 Å². The van der Waals surface area contributed by atoms with Crippen molar-refractivity contribution in [2.75, 3.05) is 13.2 Å². The summed E-state index contributed by atoms with van der Waals surface area (Å²) in [6.45, 7) is 6.15. The zero-order valence-corrected chi connectivity index (χ0v) is 12.7. The SMILES string of the molecule is CCCC1CC(NCC2(O)CCC(C)CC2)CCO1. The Bertz CT molecular complexity index is 259. The van der Waals surface area contributed by atoms with E-state index in [-0.39, 0.29) is 0 Å². The first-order valence-corrected chi connectivity index (χ1v) is 8.18. The minimum absolute atomic E-state index is 0.428. The van der Waals surface area contributed by atoms with Gasteiger partial charge in [-0.3, -0.25) is 0 Å². The minimum atomic E-state index is -0.453. The van der Waals surface area contributed by atoms with Gasteiger partial charge < -0.3 is 15.2 Å². The lowest BCUT2D eigenvalue weighted by molar-refractivity contribution is -0.0265. The van der Waals surface area contributed by atoms with Crippen LogP contribution in [-0.2, 0) is 4.74 Å². The van der Waals surface area contributed by atoms with Crippen LogP contribution in [0.15, 0.2) is 0 Å². The molecular weight excluding hydrogens is 238 g/mol. The first-order chi connectivity index (χ1) is 9.11. The molecule has 2 unspecified atom stereocenters. The van der Waals surface area contributed by atoms with Crippen LogP contribution in [0.5, 0.6) is 0 Å². The standard InChI is InChI=1S/C16H31NO2/c1-3-4-15-11-14(7-10-19-15)17-12-16(18)8-5-13(2)6-9-16/h13-15,17-18H,3-12H2,1-2H3. The highest BCUT2D eigenvalue weighted by Gasteiger charge is 2.32. The minimum Gasteiger partial charge on any atom is -0.389 e. The van der Waals surface area contributed by atoms with Crippen molar-refractivity contribution in [3.63, 3.8) is 0 Å². The van der Waals surface area contributed by atoms with Crippen molar-refractivity contribution < 1.29 is 9.84 Å². The van der Waals surface area contributed by atoms with Gasteiger partial charge in [-0.25, -0.2) is 0 Å². The summed E-state index contributed by atoms with van der Waals surface area (Å²) in [5.74, 6) is 0.789. The summed E-state index contributed by atoms with van der Waals surface area (Å²) in [5.41, 5.74) is -0.453. The van der Waals surface area contributed by atoms with Crippen molar-refractivity contribution in [3.8, 4) is 0 Å². The van der Waals surface area contributed by atoms with Crippen molar-refractivity contribution in [2.45, 2.75) is 83.0 Å². The molecule has 3 nitrogen and oxygen atoms in total. The summed E-state index contributed by atoms with van der Waals surface area (Å²) in [5, 5.41) is 14.2. The van der Waals surface area contributed by atoms with Crippen molar-refractivity contribution in [3.05, 3.63) is 0 Å². The van der Waals surface area contributed by atoms with Crippen LogP contribution in [0.4, 0.5) is 0 Å². The highest BCUT2D eigenvalue weighted by Crippen LogP contribution is 2.31. The monoisotopic (exact) mass is 269 g/mol. The van der Waals surface area contributed by atoms with Crippen LogP contribution in [0.3, 0.4) is 0 Å². The Hall–Kier alpha value is -0.120. The van der Waals surface area contributed by atoms with Gasteiger partial charge in [-0.15, -0.1) is 0 Å². The van der Waals surface area contributed by atoms with Crippen molar-refractivity contribution in [1.82, 2.24) is 5.32 Å². The third-order valence-corrected chi connectivity index (χ3v) is 4.90. The van der Waals surface area contributed by atoms with E-state index < -0.39 is 5.60 Å². The summed E-state index contributed by atoms with van der Waals surface area (Å²) in [4.78, 5) is 0. The van der Waals surface area contributed by atoms with Crippen LogP contribution in [-0.4, -0.2) is 36.0 Å². The summed E-state index contributed by atoms with van der Waals surface area (Å²) in [6, 6.07) is 0.536. The molecule has 1 heterocycles. The smallest absolute Gasteiger partial charge is 0.0771 e. The number of hydrogen-bond acceptors (Lipinski definition) is 3. The molecule has 112 valence electrons. The van der Waals surface area contributed by atoms with E-state index >= 15 is 0 Å². The number of aliphatic hydroxyl groups is 1. The van der Waals surface area contributed by atoms with Gasteiger partial charge in [0.15, 0.2) is 0 Å². The zero-order valence-electron chi connectivity index (χ0n) is 12.7. The van der Waals surface area contributed by atoms with Gasteiger partial charge in [0.25, 0.3) is 0 Å². The molecule has 0 aromatic heterocycles. The van der Waals surface area contributed by atoms with Crippen LogP contribution in [0.2, 0.25) is 0 Å². The van der Waals surface area contributed by atoms with E-state index in [9.17, 15) is 5.11 Å². The third kappa shape index (κ3) is 4.73. The molecule has 0 bridgehead atoms. The lowest BCUT2D eigenvalue weighted by atomic mass is 9.79. The predicted molar refractivity (Wildman–Crippen MR) is 78.3 cm³/mol. The summed E-state index contributed by atoms with van der Waals surface area (Å²) >= 11 is 0. The van der Waals surface area contributed by atoms with E-state index in [0.717, 1.165) is 44.8 Å². The zero-order chi connectivity index (χ0) is 13.7.